The number of carboxylic acids is 1. The van der Waals surface area contributed by atoms with Crippen LogP contribution in [0.2, 0.25) is 0 Å². The molecule has 0 unspecified atom stereocenters. The molecule has 104 valence electrons. The number of carboxylic acid groups (broad SMARTS) is 1. The van der Waals surface area contributed by atoms with Gasteiger partial charge < -0.3 is 15.3 Å². The zero-order chi connectivity index (χ0) is 14.3. The summed E-state index contributed by atoms with van der Waals surface area (Å²) >= 11 is 0. The molecule has 6 heteroatoms. The molecule has 0 heterocycles. The van der Waals surface area contributed by atoms with E-state index in [9.17, 15) is 14.4 Å². The van der Waals surface area contributed by atoms with Gasteiger partial charge >= 0.3 is 5.97 Å². The highest BCUT2D eigenvalue weighted by atomic mass is 16.4. The molecule has 0 aliphatic rings. The average molecular weight is 258 g/mol. The topological polar surface area (TPSA) is 86.7 Å². The van der Waals surface area contributed by atoms with Crippen molar-refractivity contribution in [2.24, 2.45) is 0 Å². The van der Waals surface area contributed by atoms with Crippen molar-refractivity contribution >= 4 is 17.8 Å². The van der Waals surface area contributed by atoms with Crippen molar-refractivity contribution in [1.82, 2.24) is 10.2 Å². The molecule has 2 amide bonds. The van der Waals surface area contributed by atoms with Gasteiger partial charge in [0.05, 0.1) is 0 Å². The van der Waals surface area contributed by atoms with Crippen molar-refractivity contribution < 1.29 is 19.5 Å². The minimum Gasteiger partial charge on any atom is -0.480 e. The Bertz CT molecular complexity index is 326. The number of nitrogens with zero attached hydrogens (tertiary/aromatic N) is 1. The summed E-state index contributed by atoms with van der Waals surface area (Å²) in [5.74, 6) is -1.62. The van der Waals surface area contributed by atoms with Crippen molar-refractivity contribution in [3.8, 4) is 0 Å². The maximum atomic E-state index is 11.8. The molecule has 0 aromatic rings. The number of aliphatic carboxylic acids is 1. The first-order valence-corrected chi connectivity index (χ1v) is 6.00. The largest absolute Gasteiger partial charge is 0.480 e. The SMILES string of the molecule is CCCNC(=O)CCC(=O)N(C)C(C)(C)C(=O)O. The van der Waals surface area contributed by atoms with E-state index in [-0.39, 0.29) is 24.7 Å². The average Bonchev–Trinajstić information content (AvgIpc) is 2.31. The van der Waals surface area contributed by atoms with Gasteiger partial charge in [-0.2, -0.15) is 0 Å². The minimum absolute atomic E-state index is 0.0166. The summed E-state index contributed by atoms with van der Waals surface area (Å²) < 4.78 is 0. The summed E-state index contributed by atoms with van der Waals surface area (Å²) in [6.07, 6.45) is 0.938. The Morgan fingerprint density at radius 2 is 1.78 bits per heavy atom. The van der Waals surface area contributed by atoms with Crippen LogP contribution in [0.5, 0.6) is 0 Å². The molecule has 0 saturated heterocycles. The van der Waals surface area contributed by atoms with E-state index in [1.165, 1.54) is 20.9 Å². The zero-order valence-electron chi connectivity index (χ0n) is 11.4. The van der Waals surface area contributed by atoms with E-state index in [2.05, 4.69) is 5.32 Å². The van der Waals surface area contributed by atoms with E-state index in [1.54, 1.807) is 0 Å². The number of rotatable bonds is 7. The van der Waals surface area contributed by atoms with Gasteiger partial charge in [-0.1, -0.05) is 6.92 Å². The molecule has 0 aromatic heterocycles. The maximum absolute atomic E-state index is 11.8. The Kier molecular flexibility index (Phi) is 6.36. The number of hydrogen-bond donors (Lipinski definition) is 2. The van der Waals surface area contributed by atoms with Crippen LogP contribution < -0.4 is 5.32 Å². The first-order chi connectivity index (χ1) is 8.23. The molecular formula is C12H22N2O4. The third-order valence-corrected chi connectivity index (χ3v) is 2.87. The summed E-state index contributed by atoms with van der Waals surface area (Å²) in [6, 6.07) is 0. The van der Waals surface area contributed by atoms with Gasteiger partial charge in [0.15, 0.2) is 0 Å². The van der Waals surface area contributed by atoms with Gasteiger partial charge in [-0.25, -0.2) is 4.79 Å². The zero-order valence-corrected chi connectivity index (χ0v) is 11.4. The molecule has 0 bridgehead atoms. The van der Waals surface area contributed by atoms with Gasteiger partial charge in [-0.3, -0.25) is 9.59 Å². The number of carbonyl (C=O) groups excluding carboxylic acids is 2. The van der Waals surface area contributed by atoms with E-state index in [1.807, 2.05) is 6.92 Å². The molecule has 0 fully saturated rings. The highest BCUT2D eigenvalue weighted by Crippen LogP contribution is 2.14. The lowest BCUT2D eigenvalue weighted by Gasteiger charge is -2.31. The van der Waals surface area contributed by atoms with E-state index >= 15 is 0 Å². The first kappa shape index (κ1) is 16.4. The van der Waals surface area contributed by atoms with Gasteiger partial charge in [-0.15, -0.1) is 0 Å². The lowest BCUT2D eigenvalue weighted by molar-refractivity contribution is -0.155. The molecule has 0 atom stereocenters. The lowest BCUT2D eigenvalue weighted by Crippen LogP contribution is -2.50. The smallest absolute Gasteiger partial charge is 0.329 e. The summed E-state index contributed by atoms with van der Waals surface area (Å²) in [4.78, 5) is 35.2. The van der Waals surface area contributed by atoms with Gasteiger partial charge in [0.2, 0.25) is 11.8 Å². The minimum atomic E-state index is -1.27. The van der Waals surface area contributed by atoms with Gasteiger partial charge in [0.25, 0.3) is 0 Å². The second-order valence-electron chi connectivity index (χ2n) is 4.67. The molecule has 18 heavy (non-hydrogen) atoms. The van der Waals surface area contributed by atoms with Gasteiger partial charge in [-0.05, 0) is 20.3 Å². The first-order valence-electron chi connectivity index (χ1n) is 6.00. The second-order valence-corrected chi connectivity index (χ2v) is 4.67. The van der Waals surface area contributed by atoms with Crippen molar-refractivity contribution in [1.29, 1.82) is 0 Å². The maximum Gasteiger partial charge on any atom is 0.329 e. The molecule has 0 aliphatic carbocycles. The van der Waals surface area contributed by atoms with Gasteiger partial charge in [0, 0.05) is 26.4 Å². The molecule has 0 aromatic carbocycles. The van der Waals surface area contributed by atoms with Crippen molar-refractivity contribution in [2.45, 2.75) is 45.6 Å². The Balaban J connectivity index is 4.26. The fourth-order valence-electron chi connectivity index (χ4n) is 1.20. The fourth-order valence-corrected chi connectivity index (χ4v) is 1.20. The van der Waals surface area contributed by atoms with Crippen molar-refractivity contribution in [3.63, 3.8) is 0 Å². The van der Waals surface area contributed by atoms with Crippen LogP contribution in [0.15, 0.2) is 0 Å². The Morgan fingerprint density at radius 1 is 1.22 bits per heavy atom. The Morgan fingerprint density at radius 3 is 2.22 bits per heavy atom. The number of hydrogen-bond acceptors (Lipinski definition) is 3. The van der Waals surface area contributed by atoms with Crippen LogP contribution in [-0.4, -0.2) is 46.9 Å². The predicted octanol–water partition coefficient (Wildman–Crippen LogP) is 0.614. The van der Waals surface area contributed by atoms with E-state index in [0.717, 1.165) is 11.3 Å². The molecule has 0 aliphatic heterocycles. The normalized spacial score (nSPS) is 10.9. The lowest BCUT2D eigenvalue weighted by atomic mass is 10.0. The van der Waals surface area contributed by atoms with E-state index < -0.39 is 11.5 Å². The summed E-state index contributed by atoms with van der Waals surface area (Å²) in [7, 11) is 1.43. The van der Waals surface area contributed by atoms with Crippen molar-refractivity contribution in [3.05, 3.63) is 0 Å². The number of likely N-dealkylation sites (N-methyl/N-ethyl adjacent to an activating group) is 1. The van der Waals surface area contributed by atoms with Crippen LogP contribution in [0.3, 0.4) is 0 Å². The van der Waals surface area contributed by atoms with Crippen LogP contribution >= 0.6 is 0 Å². The van der Waals surface area contributed by atoms with E-state index in [4.69, 9.17) is 5.11 Å². The number of amides is 2. The van der Waals surface area contributed by atoms with Crippen molar-refractivity contribution in [2.75, 3.05) is 13.6 Å². The second kappa shape index (κ2) is 6.98. The fraction of sp³-hybridized carbons (Fsp3) is 0.750. The summed E-state index contributed by atoms with van der Waals surface area (Å²) in [6.45, 7) is 5.42. The predicted molar refractivity (Wildman–Crippen MR) is 67.0 cm³/mol. The van der Waals surface area contributed by atoms with Crippen LogP contribution in [0.25, 0.3) is 0 Å². The number of nitrogens with one attached hydrogen (secondary N) is 1. The molecule has 0 radical (unpaired) electrons. The van der Waals surface area contributed by atoms with Gasteiger partial charge in [0.1, 0.15) is 5.54 Å². The third-order valence-electron chi connectivity index (χ3n) is 2.87. The standard InChI is InChI=1S/C12H22N2O4/c1-5-8-13-9(15)6-7-10(16)14(4)12(2,3)11(17)18/h5-8H2,1-4H3,(H,13,15)(H,17,18). The Hall–Kier alpha value is -1.59. The van der Waals surface area contributed by atoms with Crippen LogP contribution in [-0.2, 0) is 14.4 Å². The molecule has 0 spiro atoms. The van der Waals surface area contributed by atoms with E-state index in [0.29, 0.717) is 6.54 Å². The van der Waals surface area contributed by atoms with Crippen LogP contribution in [0.4, 0.5) is 0 Å². The third kappa shape index (κ3) is 4.73. The Labute approximate surface area is 107 Å². The van der Waals surface area contributed by atoms with Crippen LogP contribution in [0, 0.1) is 0 Å². The number of carbonyl (C=O) groups is 3. The summed E-state index contributed by atoms with van der Waals surface area (Å²) in [5, 5.41) is 11.6. The molecule has 2 N–H and O–H groups in total. The van der Waals surface area contributed by atoms with Crippen LogP contribution in [0.1, 0.15) is 40.0 Å². The summed E-state index contributed by atoms with van der Waals surface area (Å²) in [5.41, 5.74) is -1.27. The molecular weight excluding hydrogens is 236 g/mol. The molecule has 6 nitrogen and oxygen atoms in total. The monoisotopic (exact) mass is 258 g/mol. The highest BCUT2D eigenvalue weighted by Gasteiger charge is 2.34. The molecule has 0 saturated carbocycles. The molecule has 0 rings (SSSR count). The highest BCUT2D eigenvalue weighted by molar-refractivity contribution is 5.88. The quantitative estimate of drug-likeness (QED) is 0.700.